The van der Waals surface area contributed by atoms with Gasteiger partial charge in [-0.1, -0.05) is 31.4 Å². The van der Waals surface area contributed by atoms with E-state index in [-0.39, 0.29) is 17.8 Å². The van der Waals surface area contributed by atoms with Crippen LogP contribution >= 0.6 is 0 Å². The van der Waals surface area contributed by atoms with Gasteiger partial charge in [-0.25, -0.2) is 4.39 Å². The maximum Gasteiger partial charge on any atom is 0.240 e. The van der Waals surface area contributed by atoms with Gasteiger partial charge in [-0.3, -0.25) is 9.69 Å². The third kappa shape index (κ3) is 4.57. The minimum atomic E-state index is -0.739. The van der Waals surface area contributed by atoms with E-state index in [1.165, 1.54) is 12.1 Å². The number of carbonyl (C=O) groups is 1. The van der Waals surface area contributed by atoms with Crippen LogP contribution in [0.2, 0.25) is 0 Å². The Kier molecular flexibility index (Phi) is 6.04. The highest BCUT2D eigenvalue weighted by Crippen LogP contribution is 2.27. The monoisotopic (exact) mass is 349 g/mol. The summed E-state index contributed by atoms with van der Waals surface area (Å²) in [5.74, 6) is -0.316. The van der Waals surface area contributed by atoms with Gasteiger partial charge in [0, 0.05) is 19.6 Å². The van der Waals surface area contributed by atoms with Crippen molar-refractivity contribution in [3.8, 4) is 0 Å². The average Bonchev–Trinajstić information content (AvgIpc) is 2.64. The molecule has 6 heteroatoms. The first-order valence-corrected chi connectivity index (χ1v) is 9.23. The van der Waals surface area contributed by atoms with Crippen LogP contribution in [0.1, 0.15) is 43.7 Å². The largest absolute Gasteiger partial charge is 0.379 e. The molecule has 5 nitrogen and oxygen atoms in total. The van der Waals surface area contributed by atoms with E-state index in [1.54, 1.807) is 12.1 Å². The fourth-order valence-corrected chi connectivity index (χ4v) is 3.81. The molecule has 1 aromatic carbocycles. The fraction of sp³-hybridized carbons (Fsp3) is 0.632. The Bertz CT molecular complexity index is 567. The number of hydrogen-bond acceptors (Lipinski definition) is 4. The quantitative estimate of drug-likeness (QED) is 0.853. The molecule has 3 rings (SSSR count). The summed E-state index contributed by atoms with van der Waals surface area (Å²) >= 11 is 0. The molecule has 1 saturated heterocycles. The summed E-state index contributed by atoms with van der Waals surface area (Å²) in [6.45, 7) is 3.42. The number of nitrogens with zero attached hydrogens (tertiary/aromatic N) is 1. The molecular weight excluding hydrogens is 321 g/mol. The van der Waals surface area contributed by atoms with E-state index in [9.17, 15) is 9.18 Å². The molecule has 2 aliphatic rings. The van der Waals surface area contributed by atoms with Crippen molar-refractivity contribution in [1.29, 1.82) is 0 Å². The van der Waals surface area contributed by atoms with Crippen molar-refractivity contribution < 1.29 is 13.9 Å². The van der Waals surface area contributed by atoms with Crippen LogP contribution in [-0.2, 0) is 9.53 Å². The van der Waals surface area contributed by atoms with Gasteiger partial charge in [0.05, 0.1) is 24.8 Å². The SMILES string of the molecule is NC1(C(=O)NCC(c2ccc(F)cc2)N2CCOCC2)CCCCC1. The van der Waals surface area contributed by atoms with Gasteiger partial charge in [0.25, 0.3) is 0 Å². The van der Waals surface area contributed by atoms with Gasteiger partial charge in [0.2, 0.25) is 5.91 Å². The lowest BCUT2D eigenvalue weighted by molar-refractivity contribution is -0.127. The van der Waals surface area contributed by atoms with Gasteiger partial charge < -0.3 is 15.8 Å². The molecule has 1 atom stereocenters. The van der Waals surface area contributed by atoms with Crippen molar-refractivity contribution in [2.75, 3.05) is 32.8 Å². The number of carbonyl (C=O) groups excluding carboxylic acids is 1. The zero-order valence-electron chi connectivity index (χ0n) is 14.7. The lowest BCUT2D eigenvalue weighted by Gasteiger charge is -2.36. The highest BCUT2D eigenvalue weighted by atomic mass is 19.1. The van der Waals surface area contributed by atoms with E-state index >= 15 is 0 Å². The molecule has 0 spiro atoms. The van der Waals surface area contributed by atoms with E-state index in [0.717, 1.165) is 50.8 Å². The van der Waals surface area contributed by atoms with E-state index in [1.807, 2.05) is 0 Å². The zero-order valence-corrected chi connectivity index (χ0v) is 14.7. The summed E-state index contributed by atoms with van der Waals surface area (Å²) in [6, 6.07) is 6.52. The Labute approximate surface area is 148 Å². The van der Waals surface area contributed by atoms with Gasteiger partial charge >= 0.3 is 0 Å². The summed E-state index contributed by atoms with van der Waals surface area (Å²) in [6.07, 6.45) is 4.66. The van der Waals surface area contributed by atoms with Crippen LogP contribution in [0.25, 0.3) is 0 Å². The number of rotatable bonds is 5. The van der Waals surface area contributed by atoms with Crippen LogP contribution in [0.15, 0.2) is 24.3 Å². The number of benzene rings is 1. The first-order chi connectivity index (χ1) is 12.1. The molecular formula is C19H28FN3O2. The number of ether oxygens (including phenoxy) is 1. The van der Waals surface area contributed by atoms with Gasteiger partial charge in [-0.05, 0) is 30.5 Å². The molecule has 1 aliphatic carbocycles. The van der Waals surface area contributed by atoms with Crippen LogP contribution < -0.4 is 11.1 Å². The van der Waals surface area contributed by atoms with Crippen LogP contribution in [0.5, 0.6) is 0 Å². The van der Waals surface area contributed by atoms with Crippen molar-refractivity contribution >= 4 is 5.91 Å². The average molecular weight is 349 g/mol. The van der Waals surface area contributed by atoms with E-state index in [0.29, 0.717) is 19.8 Å². The molecule has 2 fully saturated rings. The second-order valence-electron chi connectivity index (χ2n) is 7.14. The molecule has 25 heavy (non-hydrogen) atoms. The molecule has 1 aliphatic heterocycles. The Balaban J connectivity index is 1.68. The number of halogens is 1. The predicted molar refractivity (Wildman–Crippen MR) is 94.5 cm³/mol. The smallest absolute Gasteiger partial charge is 0.240 e. The van der Waals surface area contributed by atoms with Gasteiger partial charge in [-0.2, -0.15) is 0 Å². The number of amides is 1. The summed E-state index contributed by atoms with van der Waals surface area (Å²) in [7, 11) is 0. The second kappa shape index (κ2) is 8.25. The minimum absolute atomic E-state index is 0.000593. The van der Waals surface area contributed by atoms with Crippen LogP contribution in [0.3, 0.4) is 0 Å². The molecule has 0 bridgehead atoms. The Morgan fingerprint density at radius 3 is 2.48 bits per heavy atom. The van der Waals surface area contributed by atoms with E-state index in [2.05, 4.69) is 10.2 Å². The first-order valence-electron chi connectivity index (χ1n) is 9.23. The predicted octanol–water partition coefficient (Wildman–Crippen LogP) is 1.98. The van der Waals surface area contributed by atoms with Crippen molar-refractivity contribution in [1.82, 2.24) is 10.2 Å². The van der Waals surface area contributed by atoms with Crippen molar-refractivity contribution in [2.45, 2.75) is 43.7 Å². The molecule has 1 unspecified atom stereocenters. The maximum absolute atomic E-state index is 13.3. The third-order valence-electron chi connectivity index (χ3n) is 5.40. The number of morpholine rings is 1. The summed E-state index contributed by atoms with van der Waals surface area (Å²) in [5.41, 5.74) is 6.59. The summed E-state index contributed by atoms with van der Waals surface area (Å²) in [5, 5.41) is 3.06. The van der Waals surface area contributed by atoms with Crippen molar-refractivity contribution in [2.24, 2.45) is 5.73 Å². The van der Waals surface area contributed by atoms with Crippen molar-refractivity contribution in [3.05, 3.63) is 35.6 Å². The first kappa shape index (κ1) is 18.3. The molecule has 0 radical (unpaired) electrons. The fourth-order valence-electron chi connectivity index (χ4n) is 3.81. The highest BCUT2D eigenvalue weighted by molar-refractivity contribution is 5.86. The highest BCUT2D eigenvalue weighted by Gasteiger charge is 2.35. The third-order valence-corrected chi connectivity index (χ3v) is 5.40. The molecule has 1 aromatic rings. The zero-order chi connectivity index (χ0) is 17.7. The van der Waals surface area contributed by atoms with Crippen LogP contribution in [-0.4, -0.2) is 49.2 Å². The van der Waals surface area contributed by atoms with Gasteiger partial charge in [0.15, 0.2) is 0 Å². The molecule has 1 saturated carbocycles. The van der Waals surface area contributed by atoms with Gasteiger partial charge in [-0.15, -0.1) is 0 Å². The van der Waals surface area contributed by atoms with Crippen LogP contribution in [0.4, 0.5) is 4.39 Å². The second-order valence-corrected chi connectivity index (χ2v) is 7.14. The van der Waals surface area contributed by atoms with Gasteiger partial charge in [0.1, 0.15) is 5.82 Å². The summed E-state index contributed by atoms with van der Waals surface area (Å²) < 4.78 is 18.7. The Morgan fingerprint density at radius 1 is 1.20 bits per heavy atom. The number of hydrogen-bond donors (Lipinski definition) is 2. The number of nitrogens with one attached hydrogen (secondary N) is 1. The normalized spacial score (nSPS) is 22.3. The van der Waals surface area contributed by atoms with Crippen molar-refractivity contribution in [3.63, 3.8) is 0 Å². The Morgan fingerprint density at radius 2 is 1.84 bits per heavy atom. The van der Waals surface area contributed by atoms with E-state index < -0.39 is 5.54 Å². The lowest BCUT2D eigenvalue weighted by Crippen LogP contribution is -2.56. The molecule has 3 N–H and O–H groups in total. The van der Waals surface area contributed by atoms with Crippen LogP contribution in [0, 0.1) is 5.82 Å². The minimum Gasteiger partial charge on any atom is -0.379 e. The molecule has 1 heterocycles. The molecule has 1 amide bonds. The molecule has 138 valence electrons. The summed E-state index contributed by atoms with van der Waals surface area (Å²) in [4.78, 5) is 14.9. The maximum atomic E-state index is 13.3. The number of nitrogens with two attached hydrogens (primary N) is 1. The van der Waals surface area contributed by atoms with E-state index in [4.69, 9.17) is 10.5 Å². The topological polar surface area (TPSA) is 67.6 Å². The molecule has 0 aromatic heterocycles. The Hall–Kier alpha value is -1.50. The standard InChI is InChI=1S/C19H28FN3O2/c20-16-6-4-15(5-7-16)17(23-10-12-25-13-11-23)14-22-18(24)19(21)8-2-1-3-9-19/h4-7,17H,1-3,8-14,21H2,(H,22,24). The lowest BCUT2D eigenvalue weighted by atomic mass is 9.82.